The average molecular weight is 426 g/mol. The van der Waals surface area contributed by atoms with Crippen LogP contribution >= 0.6 is 23.4 Å². The third-order valence-electron chi connectivity index (χ3n) is 4.98. The van der Waals surface area contributed by atoms with Crippen LogP contribution in [0.25, 0.3) is 10.8 Å². The fraction of sp³-hybridized carbons (Fsp3) is 0.217. The van der Waals surface area contributed by atoms with E-state index in [0.29, 0.717) is 16.3 Å². The Morgan fingerprint density at radius 3 is 2.59 bits per heavy atom. The SMILES string of the molecule is CCOC(=O)C1CSC(c2ccccc2Cl)N1C(=O)c1cccc2ccccc12. The maximum atomic E-state index is 13.7. The largest absolute Gasteiger partial charge is 0.464 e. The molecule has 0 radical (unpaired) electrons. The predicted octanol–water partition coefficient (Wildman–Crippen LogP) is 5.31. The molecule has 1 heterocycles. The fourth-order valence-corrected chi connectivity index (χ4v) is 5.39. The molecule has 0 bridgehead atoms. The minimum absolute atomic E-state index is 0.199. The molecule has 2 atom stereocenters. The van der Waals surface area contributed by atoms with E-state index in [1.165, 1.54) is 11.8 Å². The molecule has 0 N–H and O–H groups in total. The molecule has 3 aromatic carbocycles. The summed E-state index contributed by atoms with van der Waals surface area (Å²) in [7, 11) is 0. The molecule has 2 unspecified atom stereocenters. The van der Waals surface area contributed by atoms with Gasteiger partial charge in [0.25, 0.3) is 5.91 Å². The number of halogens is 1. The summed E-state index contributed by atoms with van der Waals surface area (Å²) in [5.74, 6) is -0.122. The molecule has 6 heteroatoms. The lowest BCUT2D eigenvalue weighted by Crippen LogP contribution is -2.44. The number of ether oxygens (including phenoxy) is 1. The minimum Gasteiger partial charge on any atom is -0.464 e. The summed E-state index contributed by atoms with van der Waals surface area (Å²) in [6.07, 6.45) is 0. The lowest BCUT2D eigenvalue weighted by atomic mass is 10.0. The lowest BCUT2D eigenvalue weighted by Gasteiger charge is -2.29. The van der Waals surface area contributed by atoms with E-state index < -0.39 is 6.04 Å². The van der Waals surface area contributed by atoms with E-state index in [9.17, 15) is 9.59 Å². The van der Waals surface area contributed by atoms with E-state index >= 15 is 0 Å². The third kappa shape index (κ3) is 3.72. The average Bonchev–Trinajstić information content (AvgIpc) is 3.18. The molecule has 1 aliphatic rings. The van der Waals surface area contributed by atoms with Crippen LogP contribution < -0.4 is 0 Å². The number of nitrogens with zero attached hydrogens (tertiary/aromatic N) is 1. The molecular formula is C23H20ClNO3S. The van der Waals surface area contributed by atoms with Crippen molar-refractivity contribution in [3.63, 3.8) is 0 Å². The molecule has 1 saturated heterocycles. The first kappa shape index (κ1) is 19.8. The number of esters is 1. The van der Waals surface area contributed by atoms with Crippen LogP contribution in [0, 0.1) is 0 Å². The van der Waals surface area contributed by atoms with Gasteiger partial charge in [-0.15, -0.1) is 11.8 Å². The molecule has 1 aliphatic heterocycles. The molecule has 0 aromatic heterocycles. The van der Waals surface area contributed by atoms with Gasteiger partial charge in [-0.05, 0) is 29.8 Å². The Bertz CT molecular complexity index is 1070. The number of carbonyl (C=O) groups is 2. The quantitative estimate of drug-likeness (QED) is 0.531. The zero-order chi connectivity index (χ0) is 20.4. The number of thioether (sulfide) groups is 1. The number of amides is 1. The topological polar surface area (TPSA) is 46.6 Å². The summed E-state index contributed by atoms with van der Waals surface area (Å²) in [6, 6.07) is 20.2. The van der Waals surface area contributed by atoms with Crippen molar-refractivity contribution in [3.05, 3.63) is 82.9 Å². The zero-order valence-electron chi connectivity index (χ0n) is 15.9. The van der Waals surface area contributed by atoms with Crippen LogP contribution in [0.3, 0.4) is 0 Å². The molecular weight excluding hydrogens is 406 g/mol. The molecule has 3 aromatic rings. The first-order chi connectivity index (χ1) is 14.1. The number of rotatable bonds is 4. The first-order valence-corrected chi connectivity index (χ1v) is 10.9. The van der Waals surface area contributed by atoms with Gasteiger partial charge in [0.15, 0.2) is 0 Å². The molecule has 0 spiro atoms. The number of hydrogen-bond acceptors (Lipinski definition) is 4. The predicted molar refractivity (Wildman–Crippen MR) is 117 cm³/mol. The van der Waals surface area contributed by atoms with Crippen LogP contribution in [-0.4, -0.2) is 35.2 Å². The van der Waals surface area contributed by atoms with Gasteiger partial charge in [0.1, 0.15) is 11.4 Å². The van der Waals surface area contributed by atoms with Gasteiger partial charge in [-0.1, -0.05) is 66.2 Å². The van der Waals surface area contributed by atoms with Crippen LogP contribution in [0.4, 0.5) is 0 Å². The Morgan fingerprint density at radius 1 is 1.07 bits per heavy atom. The summed E-state index contributed by atoms with van der Waals surface area (Å²) in [5.41, 5.74) is 1.39. The van der Waals surface area contributed by atoms with Gasteiger partial charge in [-0.2, -0.15) is 0 Å². The minimum atomic E-state index is -0.660. The smallest absolute Gasteiger partial charge is 0.329 e. The third-order valence-corrected chi connectivity index (χ3v) is 6.63. The van der Waals surface area contributed by atoms with Crippen LogP contribution in [0.2, 0.25) is 5.02 Å². The Balaban J connectivity index is 1.80. The van der Waals surface area contributed by atoms with Gasteiger partial charge >= 0.3 is 5.97 Å². The summed E-state index contributed by atoms with van der Waals surface area (Å²) >= 11 is 7.96. The van der Waals surface area contributed by atoms with E-state index in [2.05, 4.69) is 0 Å². The molecule has 0 aliphatic carbocycles. The lowest BCUT2D eigenvalue weighted by molar-refractivity contribution is -0.147. The standard InChI is InChI=1S/C23H20ClNO3S/c1-2-28-23(27)20-14-29-22(18-11-5-6-13-19(18)24)25(20)21(26)17-12-7-9-15-8-3-4-10-16(15)17/h3-13,20,22H,2,14H2,1H3. The van der Waals surface area contributed by atoms with Gasteiger partial charge in [-0.25, -0.2) is 4.79 Å². The second kappa shape index (κ2) is 8.47. The highest BCUT2D eigenvalue weighted by Gasteiger charge is 2.44. The van der Waals surface area contributed by atoms with E-state index in [-0.39, 0.29) is 23.9 Å². The molecule has 29 heavy (non-hydrogen) atoms. The van der Waals surface area contributed by atoms with Crippen molar-refractivity contribution in [1.82, 2.24) is 4.90 Å². The number of fused-ring (bicyclic) bond motifs is 1. The number of hydrogen-bond donors (Lipinski definition) is 0. The summed E-state index contributed by atoms with van der Waals surface area (Å²) in [6.45, 7) is 2.04. The van der Waals surface area contributed by atoms with Crippen molar-refractivity contribution >= 4 is 46.0 Å². The fourth-order valence-electron chi connectivity index (χ4n) is 3.64. The summed E-state index contributed by atoms with van der Waals surface area (Å²) < 4.78 is 5.26. The van der Waals surface area contributed by atoms with E-state index in [1.807, 2.05) is 54.6 Å². The van der Waals surface area contributed by atoms with Crippen LogP contribution in [-0.2, 0) is 9.53 Å². The van der Waals surface area contributed by atoms with Crippen LogP contribution in [0.5, 0.6) is 0 Å². The highest BCUT2D eigenvalue weighted by Crippen LogP contribution is 2.45. The second-order valence-corrected chi connectivity index (χ2v) is 8.23. The van der Waals surface area contributed by atoms with Crippen LogP contribution in [0.1, 0.15) is 28.2 Å². The van der Waals surface area contributed by atoms with E-state index in [1.54, 1.807) is 24.0 Å². The Hall–Kier alpha value is -2.50. The Labute approximate surface area is 178 Å². The Kier molecular flexibility index (Phi) is 5.79. The zero-order valence-corrected chi connectivity index (χ0v) is 17.5. The highest BCUT2D eigenvalue weighted by molar-refractivity contribution is 7.99. The van der Waals surface area contributed by atoms with Crippen molar-refractivity contribution in [1.29, 1.82) is 0 Å². The first-order valence-electron chi connectivity index (χ1n) is 9.45. The molecule has 0 saturated carbocycles. The van der Waals surface area contributed by atoms with Crippen molar-refractivity contribution in [2.45, 2.75) is 18.3 Å². The van der Waals surface area contributed by atoms with Crippen LogP contribution in [0.15, 0.2) is 66.7 Å². The van der Waals surface area contributed by atoms with Gasteiger partial charge in [0.2, 0.25) is 0 Å². The second-order valence-electron chi connectivity index (χ2n) is 6.71. The molecule has 1 fully saturated rings. The number of benzene rings is 3. The summed E-state index contributed by atoms with van der Waals surface area (Å²) in [5, 5.41) is 2.05. The monoisotopic (exact) mass is 425 g/mol. The van der Waals surface area contributed by atoms with Crippen molar-refractivity contribution in [2.24, 2.45) is 0 Å². The van der Waals surface area contributed by atoms with Gasteiger partial charge in [0.05, 0.1) is 6.61 Å². The van der Waals surface area contributed by atoms with Gasteiger partial charge in [0, 0.05) is 21.9 Å². The van der Waals surface area contributed by atoms with Crippen molar-refractivity contribution in [2.75, 3.05) is 12.4 Å². The Morgan fingerprint density at radius 2 is 1.79 bits per heavy atom. The molecule has 1 amide bonds. The maximum absolute atomic E-state index is 13.7. The molecule has 4 nitrogen and oxygen atoms in total. The molecule has 4 rings (SSSR count). The number of carbonyl (C=O) groups excluding carboxylic acids is 2. The van der Waals surface area contributed by atoms with Crippen molar-refractivity contribution < 1.29 is 14.3 Å². The van der Waals surface area contributed by atoms with E-state index in [0.717, 1.165) is 16.3 Å². The highest BCUT2D eigenvalue weighted by atomic mass is 35.5. The van der Waals surface area contributed by atoms with Gasteiger partial charge in [-0.3, -0.25) is 4.79 Å². The van der Waals surface area contributed by atoms with Crippen molar-refractivity contribution in [3.8, 4) is 0 Å². The summed E-state index contributed by atoms with van der Waals surface area (Å²) in [4.78, 5) is 28.0. The maximum Gasteiger partial charge on any atom is 0.329 e. The molecule has 148 valence electrons. The van der Waals surface area contributed by atoms with Gasteiger partial charge < -0.3 is 9.64 Å². The van der Waals surface area contributed by atoms with E-state index in [4.69, 9.17) is 16.3 Å². The normalized spacial score (nSPS) is 18.8.